The number of likely N-dealkylation sites (N-methyl/N-ethyl adjacent to an activating group) is 1. The molecule has 3 unspecified atom stereocenters. The maximum atomic E-state index is 12.8. The van der Waals surface area contributed by atoms with Crippen molar-refractivity contribution in [3.05, 3.63) is 0 Å². The van der Waals surface area contributed by atoms with E-state index in [0.717, 1.165) is 38.5 Å². The fourth-order valence-corrected chi connectivity index (χ4v) is 8.88. The highest BCUT2D eigenvalue weighted by Gasteiger charge is 2.24. The summed E-state index contributed by atoms with van der Waals surface area (Å²) in [5, 5.41) is 13.9. The van der Waals surface area contributed by atoms with Gasteiger partial charge in [-0.2, -0.15) is 0 Å². The number of carbonyl (C=O) groups is 1. The van der Waals surface area contributed by atoms with Crippen molar-refractivity contribution < 1.29 is 32.9 Å². The van der Waals surface area contributed by atoms with Gasteiger partial charge in [-0.3, -0.25) is 9.36 Å². The first-order valence-corrected chi connectivity index (χ1v) is 27.8. The van der Waals surface area contributed by atoms with Crippen molar-refractivity contribution >= 4 is 13.7 Å². The smallest absolute Gasteiger partial charge is 0.268 e. The van der Waals surface area contributed by atoms with Crippen LogP contribution in [-0.2, 0) is 18.4 Å². The number of carbonyl (C=O) groups excluding carboxylic acids is 1. The Morgan fingerprint density at radius 3 is 1.13 bits per heavy atom. The normalized spacial score (nSPS) is 14.1. The minimum Gasteiger partial charge on any atom is -0.756 e. The number of nitrogens with one attached hydrogen (secondary N) is 1. The van der Waals surface area contributed by atoms with E-state index in [1.54, 1.807) is 0 Å². The lowest BCUT2D eigenvalue weighted by atomic mass is 10.0. The molecule has 0 rings (SSSR count). The van der Waals surface area contributed by atoms with E-state index in [1.165, 1.54) is 205 Å². The van der Waals surface area contributed by atoms with Crippen LogP contribution < -0.4 is 10.2 Å². The molecule has 0 radical (unpaired) electrons. The summed E-state index contributed by atoms with van der Waals surface area (Å²) >= 11 is 0. The number of hydrogen-bond acceptors (Lipinski definition) is 6. The average Bonchev–Trinajstić information content (AvgIpc) is 3.20. The van der Waals surface area contributed by atoms with E-state index in [9.17, 15) is 19.4 Å². The van der Waals surface area contributed by atoms with Crippen LogP contribution in [0.2, 0.25) is 0 Å². The van der Waals surface area contributed by atoms with Crippen LogP contribution in [0.5, 0.6) is 0 Å². The molecule has 360 valence electrons. The fourth-order valence-electron chi connectivity index (χ4n) is 8.16. The van der Waals surface area contributed by atoms with Crippen molar-refractivity contribution in [1.82, 2.24) is 5.32 Å². The van der Waals surface area contributed by atoms with Crippen LogP contribution in [0.25, 0.3) is 0 Å². The molecule has 0 aliphatic carbocycles. The molecule has 0 aliphatic heterocycles. The van der Waals surface area contributed by atoms with Gasteiger partial charge in [0.25, 0.3) is 7.82 Å². The van der Waals surface area contributed by atoms with Crippen molar-refractivity contribution in [3.8, 4) is 0 Å². The van der Waals surface area contributed by atoms with E-state index < -0.39 is 20.0 Å². The molecule has 0 saturated carbocycles. The summed E-state index contributed by atoms with van der Waals surface area (Å²) in [6.07, 6.45) is 50.3. The van der Waals surface area contributed by atoms with Crippen LogP contribution in [0.1, 0.15) is 271 Å². The molecule has 0 aromatic heterocycles. The molecule has 1 amide bonds. The summed E-state index contributed by atoms with van der Waals surface area (Å²) in [5.74, 6) is -0.168. The number of aliphatic hydroxyl groups is 1. The van der Waals surface area contributed by atoms with Crippen molar-refractivity contribution in [1.29, 1.82) is 0 Å². The van der Waals surface area contributed by atoms with Gasteiger partial charge in [0.15, 0.2) is 0 Å². The molecule has 0 heterocycles. The molecular weight excluding hydrogens is 768 g/mol. The van der Waals surface area contributed by atoms with Crippen LogP contribution in [0.4, 0.5) is 0 Å². The van der Waals surface area contributed by atoms with Crippen molar-refractivity contribution in [2.45, 2.75) is 283 Å². The van der Waals surface area contributed by atoms with Crippen molar-refractivity contribution in [3.63, 3.8) is 0 Å². The van der Waals surface area contributed by atoms with Gasteiger partial charge < -0.3 is 28.8 Å². The van der Waals surface area contributed by atoms with Crippen molar-refractivity contribution in [2.75, 3.05) is 40.9 Å². The van der Waals surface area contributed by atoms with E-state index in [0.29, 0.717) is 23.9 Å². The second-order valence-electron chi connectivity index (χ2n) is 19.6. The zero-order chi connectivity index (χ0) is 44.3. The largest absolute Gasteiger partial charge is 0.756 e. The lowest BCUT2D eigenvalue weighted by Gasteiger charge is -2.30. The topological polar surface area (TPSA) is 108 Å². The number of amides is 1. The number of phosphoric ester groups is 1. The highest BCUT2D eigenvalue weighted by molar-refractivity contribution is 7.45. The van der Waals surface area contributed by atoms with Crippen LogP contribution in [-0.4, -0.2) is 68.5 Å². The molecule has 0 spiro atoms. The monoisotopic (exact) mass is 873 g/mol. The molecule has 3 atom stereocenters. The third kappa shape index (κ3) is 45.5. The number of rotatable bonds is 49. The SMILES string of the molecule is CCCCCCCCCCCCCCCCCCCCCCCCCCCCCCCCCC(O)C(COP(=O)([O-])OCC[N+](C)(C)C)NC(=O)CCCCCCCCC. The Bertz CT molecular complexity index is 947. The highest BCUT2D eigenvalue weighted by Crippen LogP contribution is 2.38. The molecule has 0 aromatic rings. The Hall–Kier alpha value is -0.500. The second kappa shape index (κ2) is 43.7. The van der Waals surface area contributed by atoms with E-state index in [1.807, 2.05) is 21.1 Å². The summed E-state index contributed by atoms with van der Waals surface area (Å²) in [6, 6.07) is -0.792. The van der Waals surface area contributed by atoms with Crippen molar-refractivity contribution in [2.24, 2.45) is 0 Å². The van der Waals surface area contributed by atoms with Crippen LogP contribution in [0, 0.1) is 0 Å². The molecule has 0 aliphatic rings. The fraction of sp³-hybridized carbons (Fsp3) is 0.980. The minimum atomic E-state index is -4.55. The predicted octanol–water partition coefficient (Wildman–Crippen LogP) is 14.7. The van der Waals surface area contributed by atoms with E-state index in [2.05, 4.69) is 19.2 Å². The molecule has 0 aromatic carbocycles. The van der Waals surface area contributed by atoms with Crippen LogP contribution >= 0.6 is 7.82 Å². The molecule has 60 heavy (non-hydrogen) atoms. The zero-order valence-corrected chi connectivity index (χ0v) is 41.8. The van der Waals surface area contributed by atoms with E-state index >= 15 is 0 Å². The predicted molar refractivity (Wildman–Crippen MR) is 256 cm³/mol. The molecular formula is C51H105N2O6P. The van der Waals surface area contributed by atoms with Gasteiger partial charge in [0.2, 0.25) is 5.91 Å². The minimum absolute atomic E-state index is 0.0157. The first kappa shape index (κ1) is 59.5. The quantitative estimate of drug-likeness (QED) is 0.0358. The average molecular weight is 873 g/mol. The third-order valence-electron chi connectivity index (χ3n) is 12.3. The lowest BCUT2D eigenvalue weighted by molar-refractivity contribution is -0.870. The molecule has 0 saturated heterocycles. The Labute approximate surface area is 374 Å². The molecule has 9 heteroatoms. The maximum Gasteiger partial charge on any atom is 0.268 e. The maximum absolute atomic E-state index is 12.8. The van der Waals surface area contributed by atoms with Gasteiger partial charge in [-0.15, -0.1) is 0 Å². The number of unbranched alkanes of at least 4 members (excludes halogenated alkanes) is 36. The number of hydrogen-bond donors (Lipinski definition) is 2. The number of phosphoric acid groups is 1. The van der Waals surface area contributed by atoms with Crippen LogP contribution in [0.15, 0.2) is 0 Å². The molecule has 8 nitrogen and oxygen atoms in total. The highest BCUT2D eigenvalue weighted by atomic mass is 31.2. The summed E-state index contributed by atoms with van der Waals surface area (Å²) < 4.78 is 23.2. The van der Waals surface area contributed by atoms with E-state index in [-0.39, 0.29) is 19.1 Å². The number of quaternary nitrogens is 1. The Morgan fingerprint density at radius 2 is 0.817 bits per heavy atom. The summed E-state index contributed by atoms with van der Waals surface area (Å²) in [6.45, 7) is 4.70. The van der Waals surface area contributed by atoms with Gasteiger partial charge in [-0.25, -0.2) is 0 Å². The summed E-state index contributed by atoms with van der Waals surface area (Å²) in [4.78, 5) is 25.2. The first-order valence-electron chi connectivity index (χ1n) is 26.4. The van der Waals surface area contributed by atoms with Gasteiger partial charge in [-0.05, 0) is 12.8 Å². The van der Waals surface area contributed by atoms with Gasteiger partial charge >= 0.3 is 0 Å². The third-order valence-corrected chi connectivity index (χ3v) is 13.3. The number of nitrogens with zero attached hydrogens (tertiary/aromatic N) is 1. The van der Waals surface area contributed by atoms with Gasteiger partial charge in [-0.1, -0.05) is 251 Å². The summed E-state index contributed by atoms with van der Waals surface area (Å²) in [5.41, 5.74) is 0. The van der Waals surface area contributed by atoms with Gasteiger partial charge in [0.1, 0.15) is 13.2 Å². The van der Waals surface area contributed by atoms with Gasteiger partial charge in [0.05, 0.1) is 39.9 Å². The standard InChI is InChI=1S/C51H105N2O6P/c1-6-8-10-12-14-15-16-17-18-19-20-21-22-23-24-25-26-27-28-29-30-31-32-33-34-35-36-37-39-40-42-44-50(54)49(48-59-60(56,57)58-47-46-53(3,4)5)52-51(55)45-43-41-38-13-11-9-7-2/h49-50,54H,6-48H2,1-5H3,(H-,52,55,56,57). The molecule has 2 N–H and O–H groups in total. The molecule has 0 bridgehead atoms. The Kier molecular flexibility index (Phi) is 43.4. The first-order chi connectivity index (χ1) is 29.0. The van der Waals surface area contributed by atoms with Gasteiger partial charge in [0, 0.05) is 6.42 Å². The molecule has 0 fully saturated rings. The Morgan fingerprint density at radius 1 is 0.517 bits per heavy atom. The van der Waals surface area contributed by atoms with Crippen LogP contribution in [0.3, 0.4) is 0 Å². The lowest BCUT2D eigenvalue weighted by Crippen LogP contribution is -2.46. The Balaban J connectivity index is 3.87. The number of aliphatic hydroxyl groups excluding tert-OH is 1. The zero-order valence-electron chi connectivity index (χ0n) is 40.9. The second-order valence-corrected chi connectivity index (χ2v) is 21.0. The van der Waals surface area contributed by atoms with E-state index in [4.69, 9.17) is 9.05 Å². The summed E-state index contributed by atoms with van der Waals surface area (Å²) in [7, 11) is 1.32.